The second kappa shape index (κ2) is 9.22. The number of H-pyrrole nitrogens is 1. The maximum atomic E-state index is 13.3. The molecule has 2 N–H and O–H groups in total. The molecule has 0 aliphatic carbocycles. The summed E-state index contributed by atoms with van der Waals surface area (Å²) in [6.07, 6.45) is -4.73. The van der Waals surface area contributed by atoms with Crippen molar-refractivity contribution in [3.63, 3.8) is 0 Å². The van der Waals surface area contributed by atoms with Crippen LogP contribution in [0.15, 0.2) is 94.0 Å². The molecule has 0 fully saturated rings. The molecular formula is C23H17F3N4O4S. The molecule has 0 unspecified atom stereocenters. The molecule has 0 spiro atoms. The lowest BCUT2D eigenvalue weighted by molar-refractivity contribution is -0.137. The molecule has 0 saturated heterocycles. The smallest absolute Gasteiger partial charge is 0.416 e. The van der Waals surface area contributed by atoms with E-state index in [1.54, 1.807) is 30.3 Å². The van der Waals surface area contributed by atoms with E-state index in [2.05, 4.69) is 15.2 Å². The van der Waals surface area contributed by atoms with Crippen LogP contribution in [0.25, 0.3) is 10.9 Å². The van der Waals surface area contributed by atoms with Gasteiger partial charge in [0.15, 0.2) is 5.69 Å². The molecular weight excluding hydrogens is 485 g/mol. The molecule has 1 amide bonds. The van der Waals surface area contributed by atoms with Crippen LogP contribution in [0.2, 0.25) is 0 Å². The number of sulfonamides is 1. The number of halogens is 3. The van der Waals surface area contributed by atoms with Crippen molar-refractivity contribution in [3.05, 3.63) is 84.4 Å². The number of rotatable bonds is 6. The number of para-hydroxylation sites is 1. The Kier molecular flexibility index (Phi) is 6.31. The van der Waals surface area contributed by atoms with Crippen LogP contribution in [-0.2, 0) is 21.0 Å². The average Bonchev–Trinajstić information content (AvgIpc) is 3.16. The largest absolute Gasteiger partial charge is 0.493 e. The normalized spacial score (nSPS) is 12.3. The van der Waals surface area contributed by atoms with E-state index in [4.69, 9.17) is 0 Å². The minimum atomic E-state index is -4.73. The van der Waals surface area contributed by atoms with Crippen LogP contribution in [0.4, 0.5) is 24.5 Å². The van der Waals surface area contributed by atoms with Gasteiger partial charge in [0.2, 0.25) is 5.88 Å². The fraction of sp³-hybridized carbons (Fsp3) is 0.0870. The van der Waals surface area contributed by atoms with Crippen molar-refractivity contribution in [2.75, 3.05) is 10.8 Å². The van der Waals surface area contributed by atoms with E-state index < -0.39 is 34.2 Å². The number of aromatic nitrogens is 1. The fourth-order valence-electron chi connectivity index (χ4n) is 3.35. The summed E-state index contributed by atoms with van der Waals surface area (Å²) in [7, 11) is -4.44. The molecule has 1 aromatic heterocycles. The number of carbonyl (C=O) groups is 1. The molecule has 1 heterocycles. The molecule has 4 aromatic rings. The Labute approximate surface area is 197 Å². The van der Waals surface area contributed by atoms with Crippen LogP contribution < -0.4 is 4.31 Å². The maximum Gasteiger partial charge on any atom is 0.416 e. The van der Waals surface area contributed by atoms with Crippen molar-refractivity contribution in [3.8, 4) is 5.88 Å². The number of nitrogens with one attached hydrogen (secondary N) is 1. The number of hydrogen-bond donors (Lipinski definition) is 2. The zero-order chi connectivity index (χ0) is 25.2. The van der Waals surface area contributed by atoms with Crippen molar-refractivity contribution in [2.24, 2.45) is 10.2 Å². The number of nitrogens with zero attached hydrogens (tertiary/aromatic N) is 3. The van der Waals surface area contributed by atoms with Gasteiger partial charge >= 0.3 is 6.18 Å². The highest BCUT2D eigenvalue weighted by molar-refractivity contribution is 7.92. The zero-order valence-electron chi connectivity index (χ0n) is 17.8. The average molecular weight is 502 g/mol. The first kappa shape index (κ1) is 24.0. The Morgan fingerprint density at radius 2 is 1.66 bits per heavy atom. The number of azo groups is 1. The predicted octanol–water partition coefficient (Wildman–Crippen LogP) is 5.40. The van der Waals surface area contributed by atoms with Gasteiger partial charge in [-0.15, -0.1) is 10.2 Å². The Hall–Kier alpha value is -4.19. The highest BCUT2D eigenvalue weighted by Gasteiger charge is 2.33. The summed E-state index contributed by atoms with van der Waals surface area (Å²) in [4.78, 5) is 15.1. The molecule has 0 aliphatic rings. The van der Waals surface area contributed by atoms with Crippen LogP contribution in [0.5, 0.6) is 5.88 Å². The lowest BCUT2D eigenvalue weighted by Crippen LogP contribution is -2.35. The summed E-state index contributed by atoms with van der Waals surface area (Å²) < 4.78 is 66.9. The summed E-state index contributed by atoms with van der Waals surface area (Å²) in [5.74, 6) is -1.42. The maximum absolute atomic E-state index is 13.3. The number of anilines is 1. The molecule has 0 atom stereocenters. The van der Waals surface area contributed by atoms with Crippen molar-refractivity contribution in [2.45, 2.75) is 11.1 Å². The molecule has 12 heteroatoms. The second-order valence-electron chi connectivity index (χ2n) is 7.33. The van der Waals surface area contributed by atoms with Gasteiger partial charge in [-0.3, -0.25) is 9.10 Å². The van der Waals surface area contributed by atoms with Gasteiger partial charge in [-0.25, -0.2) is 8.42 Å². The van der Waals surface area contributed by atoms with Crippen molar-refractivity contribution in [1.29, 1.82) is 0 Å². The molecule has 3 aromatic carbocycles. The monoisotopic (exact) mass is 502 g/mol. The highest BCUT2D eigenvalue weighted by atomic mass is 32.2. The van der Waals surface area contributed by atoms with Gasteiger partial charge in [-0.1, -0.05) is 42.5 Å². The third-order valence-corrected chi connectivity index (χ3v) is 6.78. The van der Waals surface area contributed by atoms with Crippen LogP contribution in [-0.4, -0.2) is 31.0 Å². The first-order chi connectivity index (χ1) is 16.6. The van der Waals surface area contributed by atoms with Crippen LogP contribution in [0.3, 0.4) is 0 Å². The Morgan fingerprint density at radius 1 is 0.971 bits per heavy atom. The Morgan fingerprint density at radius 3 is 2.37 bits per heavy atom. The Balaban J connectivity index is 1.71. The summed E-state index contributed by atoms with van der Waals surface area (Å²) in [5, 5.41) is 17.8. The minimum Gasteiger partial charge on any atom is -0.493 e. The molecule has 8 nitrogen and oxygen atoms in total. The van der Waals surface area contributed by atoms with Crippen molar-refractivity contribution >= 4 is 38.2 Å². The van der Waals surface area contributed by atoms with E-state index in [1.807, 2.05) is 0 Å². The highest BCUT2D eigenvalue weighted by Crippen LogP contribution is 2.36. The van der Waals surface area contributed by atoms with E-state index in [9.17, 15) is 31.5 Å². The van der Waals surface area contributed by atoms with Crippen LogP contribution >= 0.6 is 0 Å². The van der Waals surface area contributed by atoms with E-state index in [0.29, 0.717) is 21.3 Å². The van der Waals surface area contributed by atoms with Crippen LogP contribution in [0.1, 0.15) is 5.56 Å². The minimum absolute atomic E-state index is 0.0366. The van der Waals surface area contributed by atoms with Gasteiger partial charge in [0.25, 0.3) is 15.9 Å². The van der Waals surface area contributed by atoms with Crippen LogP contribution in [0, 0.1) is 0 Å². The number of fused-ring (bicyclic) bond motifs is 1. The second-order valence-corrected chi connectivity index (χ2v) is 9.20. The topological polar surface area (TPSA) is 115 Å². The van der Waals surface area contributed by atoms with E-state index in [1.165, 1.54) is 24.3 Å². The molecule has 0 saturated carbocycles. The van der Waals surface area contributed by atoms with Gasteiger partial charge in [-0.2, -0.15) is 13.2 Å². The fourth-order valence-corrected chi connectivity index (χ4v) is 4.77. The standard InChI is InChI=1S/C23H17F3N4O4S/c24-23(25,26)15-7-6-8-16(13-15)30(35(33,34)17-9-2-1-3-10-17)14-20(31)28-29-21-18-11-4-5-12-19(18)27-22(21)32/h1-13,27,32H,14H2. The summed E-state index contributed by atoms with van der Waals surface area (Å²) in [6, 6.07) is 17.3. The van der Waals surface area contributed by atoms with Crippen molar-refractivity contribution in [1.82, 2.24) is 4.98 Å². The first-order valence-electron chi connectivity index (χ1n) is 10.1. The molecule has 0 aliphatic heterocycles. The van der Waals surface area contributed by atoms with E-state index in [0.717, 1.165) is 18.2 Å². The lowest BCUT2D eigenvalue weighted by Gasteiger charge is -2.23. The number of aromatic amines is 1. The number of benzene rings is 3. The predicted molar refractivity (Wildman–Crippen MR) is 122 cm³/mol. The van der Waals surface area contributed by atoms with E-state index in [-0.39, 0.29) is 22.2 Å². The van der Waals surface area contributed by atoms with Gasteiger partial charge in [0.1, 0.15) is 6.54 Å². The molecule has 0 bridgehead atoms. The van der Waals surface area contributed by atoms with Gasteiger partial charge in [0.05, 0.1) is 21.7 Å². The van der Waals surface area contributed by atoms with Crippen molar-refractivity contribution < 1.29 is 31.5 Å². The molecule has 0 radical (unpaired) electrons. The zero-order valence-corrected chi connectivity index (χ0v) is 18.6. The van der Waals surface area contributed by atoms with Gasteiger partial charge in [-0.05, 0) is 36.4 Å². The number of aromatic hydroxyl groups is 1. The third-order valence-electron chi connectivity index (χ3n) is 4.99. The molecule has 180 valence electrons. The molecule has 4 rings (SSSR count). The number of alkyl halides is 3. The first-order valence-corrected chi connectivity index (χ1v) is 11.5. The summed E-state index contributed by atoms with van der Waals surface area (Å²) in [6.45, 7) is -0.925. The van der Waals surface area contributed by atoms with Gasteiger partial charge in [0, 0.05) is 5.39 Å². The van der Waals surface area contributed by atoms with E-state index >= 15 is 0 Å². The van der Waals surface area contributed by atoms with Gasteiger partial charge < -0.3 is 10.1 Å². The number of amides is 1. The summed E-state index contributed by atoms with van der Waals surface area (Å²) >= 11 is 0. The lowest BCUT2D eigenvalue weighted by atomic mass is 10.2. The quantitative estimate of drug-likeness (QED) is 0.344. The summed E-state index contributed by atoms with van der Waals surface area (Å²) in [5.41, 5.74) is -0.961. The number of carbonyl (C=O) groups excluding carboxylic acids is 1. The number of hydrogen-bond acceptors (Lipinski definition) is 5. The SMILES string of the molecule is O=C(CN(c1cccc(C(F)(F)F)c1)S(=O)(=O)c1ccccc1)N=Nc1c(O)[nH]c2ccccc12. The third kappa shape index (κ3) is 5.01. The Bertz CT molecular complexity index is 1520. The molecule has 35 heavy (non-hydrogen) atoms.